The van der Waals surface area contributed by atoms with E-state index in [-0.39, 0.29) is 17.5 Å². The fourth-order valence-electron chi connectivity index (χ4n) is 5.28. The first kappa shape index (κ1) is 26.6. The molecular formula is C33H36N2O2S. The van der Waals surface area contributed by atoms with E-state index in [2.05, 4.69) is 96.6 Å². The highest BCUT2D eigenvalue weighted by Gasteiger charge is 2.45. The summed E-state index contributed by atoms with van der Waals surface area (Å²) < 4.78 is 13.5. The van der Waals surface area contributed by atoms with Gasteiger partial charge in [0.2, 0.25) is 0 Å². The van der Waals surface area contributed by atoms with Crippen LogP contribution in [0.5, 0.6) is 0 Å². The van der Waals surface area contributed by atoms with Crippen molar-refractivity contribution in [3.05, 3.63) is 131 Å². The predicted octanol–water partition coefficient (Wildman–Crippen LogP) is 7.44. The maximum Gasteiger partial charge on any atom is 0.100 e. The fourth-order valence-corrected chi connectivity index (χ4v) is 6.95. The molecule has 4 nitrogen and oxygen atoms in total. The van der Waals surface area contributed by atoms with Gasteiger partial charge >= 0.3 is 0 Å². The van der Waals surface area contributed by atoms with Gasteiger partial charge in [0.05, 0.1) is 30.3 Å². The van der Waals surface area contributed by atoms with Gasteiger partial charge in [-0.05, 0) is 34.6 Å². The van der Waals surface area contributed by atoms with E-state index in [1.807, 2.05) is 30.1 Å². The lowest BCUT2D eigenvalue weighted by molar-refractivity contribution is -0.112. The van der Waals surface area contributed by atoms with Gasteiger partial charge in [-0.15, -0.1) is 11.8 Å². The SMILES string of the molecule is CC[C@H]1S[C@@H](c2cccc(Cc3cnccn3)c2)[C@H](OCc2ccccc2)[C@@H](OCc2ccccc2)[C@@H]1C. The molecule has 38 heavy (non-hydrogen) atoms. The summed E-state index contributed by atoms with van der Waals surface area (Å²) in [6.07, 6.45) is 7.08. The molecule has 0 saturated carbocycles. The van der Waals surface area contributed by atoms with Gasteiger partial charge in [-0.2, -0.15) is 0 Å². The van der Waals surface area contributed by atoms with Crippen molar-refractivity contribution in [1.29, 1.82) is 0 Å². The minimum absolute atomic E-state index is 0.0150. The maximum atomic E-state index is 6.79. The highest BCUT2D eigenvalue weighted by atomic mass is 32.2. The molecule has 196 valence electrons. The third kappa shape index (κ3) is 6.71. The zero-order valence-corrected chi connectivity index (χ0v) is 23.0. The van der Waals surface area contributed by atoms with Crippen molar-refractivity contribution < 1.29 is 9.47 Å². The molecule has 2 heterocycles. The van der Waals surface area contributed by atoms with Gasteiger partial charge in [-0.1, -0.05) is 98.8 Å². The molecule has 1 aliphatic heterocycles. The highest BCUT2D eigenvalue weighted by molar-refractivity contribution is 8.00. The number of aromatic nitrogens is 2. The Hall–Kier alpha value is -2.99. The molecule has 1 aliphatic rings. The van der Waals surface area contributed by atoms with Crippen molar-refractivity contribution in [3.63, 3.8) is 0 Å². The van der Waals surface area contributed by atoms with Crippen molar-refractivity contribution in [2.45, 2.75) is 62.6 Å². The Morgan fingerprint density at radius 1 is 0.763 bits per heavy atom. The Morgan fingerprint density at radius 2 is 1.42 bits per heavy atom. The average Bonchev–Trinajstić information content (AvgIpc) is 2.97. The number of thioether (sulfide) groups is 1. The quantitative estimate of drug-likeness (QED) is 0.216. The number of ether oxygens (including phenoxy) is 2. The van der Waals surface area contributed by atoms with Crippen LogP contribution in [0.4, 0.5) is 0 Å². The number of hydrogen-bond donors (Lipinski definition) is 0. The van der Waals surface area contributed by atoms with Crippen LogP contribution in [0.3, 0.4) is 0 Å². The smallest absolute Gasteiger partial charge is 0.100 e. The topological polar surface area (TPSA) is 44.2 Å². The lowest BCUT2D eigenvalue weighted by Gasteiger charge is -2.45. The van der Waals surface area contributed by atoms with Crippen LogP contribution < -0.4 is 0 Å². The minimum Gasteiger partial charge on any atom is -0.370 e. The summed E-state index contributed by atoms with van der Waals surface area (Å²) in [6.45, 7) is 5.77. The van der Waals surface area contributed by atoms with Gasteiger partial charge in [0.25, 0.3) is 0 Å². The first-order valence-corrected chi connectivity index (χ1v) is 14.5. The van der Waals surface area contributed by atoms with Crippen LogP contribution in [0.1, 0.15) is 53.5 Å². The summed E-state index contributed by atoms with van der Waals surface area (Å²) in [5.74, 6) is 0.369. The van der Waals surface area contributed by atoms with Gasteiger partial charge in [0, 0.05) is 30.3 Å². The van der Waals surface area contributed by atoms with Crippen molar-refractivity contribution in [3.8, 4) is 0 Å². The second kappa shape index (κ2) is 13.2. The normalized spacial score (nSPS) is 23.3. The molecule has 5 atom stereocenters. The lowest BCUT2D eigenvalue weighted by atomic mass is 9.89. The lowest BCUT2D eigenvalue weighted by Crippen LogP contribution is -2.48. The molecule has 0 N–H and O–H groups in total. The van der Waals surface area contributed by atoms with Gasteiger partial charge in [0.15, 0.2) is 0 Å². The number of nitrogens with zero attached hydrogens (tertiary/aromatic N) is 2. The van der Waals surface area contributed by atoms with E-state index in [0.29, 0.717) is 24.4 Å². The van der Waals surface area contributed by atoms with E-state index in [1.165, 1.54) is 22.3 Å². The monoisotopic (exact) mass is 524 g/mol. The first-order valence-electron chi connectivity index (χ1n) is 13.5. The molecule has 4 aromatic rings. The molecule has 1 saturated heterocycles. The molecule has 0 spiro atoms. The van der Waals surface area contributed by atoms with Crippen molar-refractivity contribution in [2.24, 2.45) is 5.92 Å². The third-order valence-electron chi connectivity index (χ3n) is 7.30. The molecule has 0 unspecified atom stereocenters. The van der Waals surface area contributed by atoms with Crippen LogP contribution in [0.15, 0.2) is 104 Å². The maximum absolute atomic E-state index is 6.79. The van der Waals surface area contributed by atoms with E-state index >= 15 is 0 Å². The molecule has 5 rings (SSSR count). The standard InChI is InChI=1S/C33H36N2O2S/c1-3-30-24(2)31(36-22-25-11-6-4-7-12-25)32(37-23-26-13-8-5-9-14-26)33(38-30)28-16-10-15-27(19-28)20-29-21-34-17-18-35-29/h4-19,21,24,30-33H,3,20,22-23H2,1-2H3/t24-,30-,31+,32-,33+/m1/s1. The predicted molar refractivity (Wildman–Crippen MR) is 155 cm³/mol. The number of hydrogen-bond acceptors (Lipinski definition) is 5. The Balaban J connectivity index is 1.44. The zero-order valence-electron chi connectivity index (χ0n) is 22.1. The Bertz CT molecular complexity index is 1260. The van der Waals surface area contributed by atoms with Crippen LogP contribution in [-0.2, 0) is 29.1 Å². The summed E-state index contributed by atoms with van der Waals surface area (Å²) >= 11 is 2.04. The summed E-state index contributed by atoms with van der Waals surface area (Å²) in [4.78, 5) is 8.72. The molecule has 1 aromatic heterocycles. The third-order valence-corrected chi connectivity index (χ3v) is 9.25. The van der Waals surface area contributed by atoms with Crippen LogP contribution in [0, 0.1) is 5.92 Å². The summed E-state index contributed by atoms with van der Waals surface area (Å²) in [7, 11) is 0. The number of rotatable bonds is 10. The van der Waals surface area contributed by atoms with E-state index in [1.54, 1.807) is 12.4 Å². The van der Waals surface area contributed by atoms with E-state index in [4.69, 9.17) is 9.47 Å². The minimum atomic E-state index is -0.0755. The van der Waals surface area contributed by atoms with Gasteiger partial charge in [-0.3, -0.25) is 9.97 Å². The Kier molecular flexibility index (Phi) is 9.24. The fraction of sp³-hybridized carbons (Fsp3) is 0.333. The zero-order chi connectivity index (χ0) is 26.2. The summed E-state index contributed by atoms with van der Waals surface area (Å²) in [5, 5.41) is 0.656. The second-order valence-electron chi connectivity index (χ2n) is 10.0. The van der Waals surface area contributed by atoms with Crippen LogP contribution >= 0.6 is 11.8 Å². The van der Waals surface area contributed by atoms with Crippen molar-refractivity contribution >= 4 is 11.8 Å². The van der Waals surface area contributed by atoms with Gasteiger partial charge in [-0.25, -0.2) is 0 Å². The van der Waals surface area contributed by atoms with Crippen LogP contribution in [0.25, 0.3) is 0 Å². The summed E-state index contributed by atoms with van der Waals surface area (Å²) in [5.41, 5.74) is 5.86. The molecule has 0 radical (unpaired) electrons. The highest BCUT2D eigenvalue weighted by Crippen LogP contribution is 2.49. The second-order valence-corrected chi connectivity index (χ2v) is 11.4. The molecule has 5 heteroatoms. The molecule has 0 bridgehead atoms. The molecular weight excluding hydrogens is 488 g/mol. The Morgan fingerprint density at radius 3 is 2.05 bits per heavy atom. The van der Waals surface area contributed by atoms with Gasteiger partial charge < -0.3 is 9.47 Å². The van der Waals surface area contributed by atoms with Crippen molar-refractivity contribution in [2.75, 3.05) is 0 Å². The van der Waals surface area contributed by atoms with E-state index in [0.717, 1.165) is 18.5 Å². The van der Waals surface area contributed by atoms with E-state index < -0.39 is 0 Å². The van der Waals surface area contributed by atoms with Crippen LogP contribution in [0.2, 0.25) is 0 Å². The first-order chi connectivity index (χ1) is 18.7. The van der Waals surface area contributed by atoms with E-state index in [9.17, 15) is 0 Å². The van der Waals surface area contributed by atoms with Gasteiger partial charge in [0.1, 0.15) is 6.10 Å². The molecule has 0 aliphatic carbocycles. The average molecular weight is 525 g/mol. The van der Waals surface area contributed by atoms with Crippen LogP contribution in [-0.4, -0.2) is 27.4 Å². The largest absolute Gasteiger partial charge is 0.370 e. The summed E-state index contributed by atoms with van der Waals surface area (Å²) in [6, 6.07) is 29.8. The molecule has 1 fully saturated rings. The van der Waals surface area contributed by atoms with Crippen molar-refractivity contribution in [1.82, 2.24) is 9.97 Å². The number of benzene rings is 3. The molecule has 0 amide bonds. The Labute approximate surface area is 230 Å². The molecule has 3 aromatic carbocycles.